The van der Waals surface area contributed by atoms with Crippen molar-refractivity contribution in [3.8, 4) is 0 Å². The van der Waals surface area contributed by atoms with E-state index in [1.54, 1.807) is 30.3 Å². The molecule has 0 aromatic heterocycles. The van der Waals surface area contributed by atoms with E-state index in [-0.39, 0.29) is 5.75 Å². The number of sulfone groups is 1. The molecule has 100 valence electrons. The van der Waals surface area contributed by atoms with Crippen molar-refractivity contribution in [1.29, 1.82) is 0 Å². The lowest BCUT2D eigenvalue weighted by Gasteiger charge is -2.09. The zero-order valence-corrected chi connectivity index (χ0v) is 11.9. The van der Waals surface area contributed by atoms with Gasteiger partial charge in [-0.3, -0.25) is 0 Å². The van der Waals surface area contributed by atoms with Gasteiger partial charge in [0.1, 0.15) is 0 Å². The Morgan fingerprint density at radius 2 is 1.79 bits per heavy atom. The minimum Gasteiger partial charge on any atom is -0.399 e. The van der Waals surface area contributed by atoms with Crippen LogP contribution in [0.25, 0.3) is 0 Å². The summed E-state index contributed by atoms with van der Waals surface area (Å²) in [5.41, 5.74) is 8.68. The molecule has 2 aromatic rings. The summed E-state index contributed by atoms with van der Waals surface area (Å²) < 4.78 is 24.9. The molecule has 2 rings (SSSR count). The maximum atomic E-state index is 12.4. The minimum atomic E-state index is -3.34. The van der Waals surface area contributed by atoms with Crippen LogP contribution in [0, 0.1) is 13.8 Å². The van der Waals surface area contributed by atoms with Gasteiger partial charge >= 0.3 is 0 Å². The molecule has 3 nitrogen and oxygen atoms in total. The Labute approximate surface area is 114 Å². The molecule has 0 atom stereocenters. The number of rotatable bonds is 3. The van der Waals surface area contributed by atoms with Crippen molar-refractivity contribution in [1.82, 2.24) is 0 Å². The topological polar surface area (TPSA) is 60.2 Å². The van der Waals surface area contributed by atoms with Gasteiger partial charge in [0, 0.05) is 5.69 Å². The van der Waals surface area contributed by atoms with Gasteiger partial charge in [-0.05, 0) is 48.7 Å². The van der Waals surface area contributed by atoms with Gasteiger partial charge in [0.15, 0.2) is 9.84 Å². The Hall–Kier alpha value is -1.81. The van der Waals surface area contributed by atoms with Crippen molar-refractivity contribution in [2.45, 2.75) is 24.5 Å². The van der Waals surface area contributed by atoms with Crippen LogP contribution in [0.3, 0.4) is 0 Å². The lowest BCUT2D eigenvalue weighted by Crippen LogP contribution is -2.07. The predicted molar refractivity (Wildman–Crippen MR) is 77.7 cm³/mol. The number of anilines is 1. The van der Waals surface area contributed by atoms with Gasteiger partial charge in [0.25, 0.3) is 0 Å². The molecule has 0 aliphatic carbocycles. The molecule has 2 N–H and O–H groups in total. The summed E-state index contributed by atoms with van der Waals surface area (Å²) in [6.45, 7) is 3.70. The van der Waals surface area contributed by atoms with Crippen LogP contribution in [-0.4, -0.2) is 8.42 Å². The molecule has 0 unspecified atom stereocenters. The van der Waals surface area contributed by atoms with Crippen LogP contribution in [-0.2, 0) is 15.6 Å². The lowest BCUT2D eigenvalue weighted by molar-refractivity contribution is 0.594. The highest BCUT2D eigenvalue weighted by molar-refractivity contribution is 7.90. The van der Waals surface area contributed by atoms with E-state index >= 15 is 0 Å². The van der Waals surface area contributed by atoms with Crippen molar-refractivity contribution in [3.05, 3.63) is 59.2 Å². The molecular formula is C15H17NO2S. The van der Waals surface area contributed by atoms with Gasteiger partial charge in [-0.1, -0.05) is 24.3 Å². The molecule has 19 heavy (non-hydrogen) atoms. The third-order valence-corrected chi connectivity index (χ3v) is 4.81. The minimum absolute atomic E-state index is 0.0255. The third-order valence-electron chi connectivity index (χ3n) is 2.99. The highest BCUT2D eigenvalue weighted by Crippen LogP contribution is 2.22. The van der Waals surface area contributed by atoms with Crippen LogP contribution < -0.4 is 5.73 Å². The first-order valence-electron chi connectivity index (χ1n) is 6.03. The summed E-state index contributed by atoms with van der Waals surface area (Å²) in [4.78, 5) is 0.398. The molecule has 0 aliphatic rings. The molecule has 0 bridgehead atoms. The molecule has 2 aromatic carbocycles. The number of nitrogen functional groups attached to an aromatic ring is 1. The smallest absolute Gasteiger partial charge is 0.182 e. The Bertz CT molecular complexity index is 706. The summed E-state index contributed by atoms with van der Waals surface area (Å²) in [6, 6.07) is 12.5. The first-order chi connectivity index (χ1) is 8.88. The van der Waals surface area contributed by atoms with E-state index in [2.05, 4.69) is 0 Å². The van der Waals surface area contributed by atoms with E-state index in [0.29, 0.717) is 16.1 Å². The fourth-order valence-corrected chi connectivity index (χ4v) is 3.72. The summed E-state index contributed by atoms with van der Waals surface area (Å²) in [7, 11) is -3.34. The molecule has 0 radical (unpaired) electrons. The molecule has 4 heteroatoms. The predicted octanol–water partition coefficient (Wildman–Crippen LogP) is 2.86. The Kier molecular flexibility index (Phi) is 3.62. The van der Waals surface area contributed by atoms with Gasteiger partial charge in [0.05, 0.1) is 10.6 Å². The zero-order valence-electron chi connectivity index (χ0n) is 11.1. The van der Waals surface area contributed by atoms with Crippen LogP contribution in [0.2, 0.25) is 0 Å². The first kappa shape index (κ1) is 13.6. The van der Waals surface area contributed by atoms with E-state index in [0.717, 1.165) is 11.1 Å². The third kappa shape index (κ3) is 3.15. The van der Waals surface area contributed by atoms with Crippen LogP contribution in [0.5, 0.6) is 0 Å². The van der Waals surface area contributed by atoms with Crippen molar-refractivity contribution in [2.75, 3.05) is 5.73 Å². The molecule has 0 aliphatic heterocycles. The quantitative estimate of drug-likeness (QED) is 0.876. The average molecular weight is 275 g/mol. The van der Waals surface area contributed by atoms with Gasteiger partial charge < -0.3 is 5.73 Å². The van der Waals surface area contributed by atoms with E-state index in [1.165, 1.54) is 0 Å². The van der Waals surface area contributed by atoms with Crippen LogP contribution in [0.4, 0.5) is 5.69 Å². The van der Waals surface area contributed by atoms with Gasteiger partial charge in [0.2, 0.25) is 0 Å². The van der Waals surface area contributed by atoms with Gasteiger partial charge in [-0.15, -0.1) is 0 Å². The normalized spacial score (nSPS) is 11.5. The summed E-state index contributed by atoms with van der Waals surface area (Å²) in [5, 5.41) is 0. The summed E-state index contributed by atoms with van der Waals surface area (Å²) in [5.74, 6) is -0.0255. The monoisotopic (exact) mass is 275 g/mol. The molecule has 0 heterocycles. The molecule has 0 amide bonds. The average Bonchev–Trinajstić information content (AvgIpc) is 2.31. The largest absolute Gasteiger partial charge is 0.399 e. The number of hydrogen-bond acceptors (Lipinski definition) is 3. The number of benzene rings is 2. The molecular weight excluding hydrogens is 258 g/mol. The molecule has 0 saturated carbocycles. The second kappa shape index (κ2) is 5.05. The van der Waals surface area contributed by atoms with E-state index in [1.807, 2.05) is 26.0 Å². The SMILES string of the molecule is Cc1ccc(C)c(S(=O)(=O)Cc2cccc(N)c2)c1. The van der Waals surface area contributed by atoms with Gasteiger partial charge in [-0.2, -0.15) is 0 Å². The second-order valence-electron chi connectivity index (χ2n) is 4.77. The Morgan fingerprint density at radius 1 is 1.05 bits per heavy atom. The summed E-state index contributed by atoms with van der Waals surface area (Å²) >= 11 is 0. The highest BCUT2D eigenvalue weighted by atomic mass is 32.2. The van der Waals surface area contributed by atoms with Crippen LogP contribution >= 0.6 is 0 Å². The van der Waals surface area contributed by atoms with Crippen molar-refractivity contribution < 1.29 is 8.42 Å². The lowest BCUT2D eigenvalue weighted by atomic mass is 10.2. The first-order valence-corrected chi connectivity index (χ1v) is 7.68. The number of aryl methyl sites for hydroxylation is 2. The number of hydrogen-bond donors (Lipinski definition) is 1. The Morgan fingerprint density at radius 3 is 2.47 bits per heavy atom. The fraction of sp³-hybridized carbons (Fsp3) is 0.200. The maximum absolute atomic E-state index is 12.4. The second-order valence-corrected chi connectivity index (χ2v) is 6.73. The zero-order chi connectivity index (χ0) is 14.0. The van der Waals surface area contributed by atoms with Crippen LogP contribution in [0.15, 0.2) is 47.4 Å². The van der Waals surface area contributed by atoms with Crippen molar-refractivity contribution in [2.24, 2.45) is 0 Å². The highest BCUT2D eigenvalue weighted by Gasteiger charge is 2.18. The van der Waals surface area contributed by atoms with E-state index in [4.69, 9.17) is 5.73 Å². The number of nitrogens with two attached hydrogens (primary N) is 1. The maximum Gasteiger partial charge on any atom is 0.182 e. The van der Waals surface area contributed by atoms with Crippen LogP contribution in [0.1, 0.15) is 16.7 Å². The van der Waals surface area contributed by atoms with E-state index in [9.17, 15) is 8.42 Å². The van der Waals surface area contributed by atoms with E-state index < -0.39 is 9.84 Å². The van der Waals surface area contributed by atoms with Crippen molar-refractivity contribution in [3.63, 3.8) is 0 Å². The van der Waals surface area contributed by atoms with Crippen molar-refractivity contribution >= 4 is 15.5 Å². The molecule has 0 saturated heterocycles. The molecule has 0 fully saturated rings. The Balaban J connectivity index is 2.40. The fourth-order valence-electron chi connectivity index (χ4n) is 2.02. The molecule has 0 spiro atoms. The summed E-state index contributed by atoms with van der Waals surface area (Å²) in [6.07, 6.45) is 0. The standard InChI is InChI=1S/C15H17NO2S/c1-11-6-7-12(2)15(8-11)19(17,18)10-13-4-3-5-14(16)9-13/h3-9H,10,16H2,1-2H3. The van der Waals surface area contributed by atoms with Gasteiger partial charge in [-0.25, -0.2) is 8.42 Å².